The maximum Gasteiger partial charge on any atom is 0.416 e. The van der Waals surface area contributed by atoms with Crippen molar-refractivity contribution < 1.29 is 26.7 Å². The summed E-state index contributed by atoms with van der Waals surface area (Å²) in [6.45, 7) is -1.38. The summed E-state index contributed by atoms with van der Waals surface area (Å²) < 4.78 is 61.9. The fraction of sp³-hybridized carbons (Fsp3) is 0.364. The maximum atomic E-state index is 12.5. The molecular weight excluding hydrogens is 257 g/mol. The quantitative estimate of drug-likeness (QED) is 0.715. The van der Waals surface area contributed by atoms with Crippen molar-refractivity contribution in [3.8, 4) is 0 Å². The zero-order valence-electron chi connectivity index (χ0n) is 8.97. The van der Waals surface area contributed by atoms with Gasteiger partial charge in [0.2, 0.25) is 0 Å². The lowest BCUT2D eigenvalue weighted by atomic mass is 10.1. The van der Waals surface area contributed by atoms with Crippen molar-refractivity contribution in [1.82, 2.24) is 4.90 Å². The first-order valence-electron chi connectivity index (χ1n) is 5.03. The third-order valence-electron chi connectivity index (χ3n) is 2.59. The summed E-state index contributed by atoms with van der Waals surface area (Å²) in [6.07, 6.45) is -4.48. The summed E-state index contributed by atoms with van der Waals surface area (Å²) in [5.41, 5.74) is -0.911. The molecule has 0 aromatic heterocycles. The molecule has 0 atom stereocenters. The largest absolute Gasteiger partial charge is 0.416 e. The highest BCUT2D eigenvalue weighted by atomic mass is 19.4. The molecule has 0 radical (unpaired) electrons. The van der Waals surface area contributed by atoms with E-state index in [-0.39, 0.29) is 5.56 Å². The van der Waals surface area contributed by atoms with Gasteiger partial charge in [0.1, 0.15) is 0 Å². The molecule has 1 aromatic carbocycles. The number of hydrogen-bond donors (Lipinski definition) is 0. The van der Waals surface area contributed by atoms with Crippen molar-refractivity contribution in [2.45, 2.75) is 12.1 Å². The third kappa shape index (κ3) is 2.44. The number of halogens is 5. The molecular formula is C11H8F5NO. The molecule has 1 heterocycles. The van der Waals surface area contributed by atoms with Gasteiger partial charge in [-0.3, -0.25) is 4.79 Å². The third-order valence-corrected chi connectivity index (χ3v) is 2.59. The van der Waals surface area contributed by atoms with Crippen LogP contribution in [0.3, 0.4) is 0 Å². The molecule has 1 saturated heterocycles. The van der Waals surface area contributed by atoms with Gasteiger partial charge in [-0.05, 0) is 24.3 Å². The summed E-state index contributed by atoms with van der Waals surface area (Å²) in [5.74, 6) is -3.57. The van der Waals surface area contributed by atoms with Crippen LogP contribution in [0.25, 0.3) is 0 Å². The molecule has 2 rings (SSSR count). The summed E-state index contributed by atoms with van der Waals surface area (Å²) in [7, 11) is 0. The van der Waals surface area contributed by atoms with Crippen molar-refractivity contribution in [3.05, 3.63) is 35.4 Å². The lowest BCUT2D eigenvalue weighted by Gasteiger charge is -2.38. The second-order valence-corrected chi connectivity index (χ2v) is 4.09. The minimum Gasteiger partial charge on any atom is -0.326 e. The van der Waals surface area contributed by atoms with Crippen LogP contribution in [0.2, 0.25) is 0 Å². The molecule has 7 heteroatoms. The molecule has 1 aliphatic heterocycles. The standard InChI is InChI=1S/C11H8F5NO/c12-10(13)5-17(6-10)9(18)7-1-3-8(4-2-7)11(14,15)16/h1-4H,5-6H2. The molecule has 0 unspecified atom stereocenters. The highest BCUT2D eigenvalue weighted by molar-refractivity contribution is 5.94. The Bertz CT molecular complexity index is 457. The van der Waals surface area contributed by atoms with E-state index < -0.39 is 36.7 Å². The van der Waals surface area contributed by atoms with Crippen molar-refractivity contribution in [2.75, 3.05) is 13.1 Å². The van der Waals surface area contributed by atoms with Crippen molar-refractivity contribution in [2.24, 2.45) is 0 Å². The molecule has 0 bridgehead atoms. The monoisotopic (exact) mass is 265 g/mol. The van der Waals surface area contributed by atoms with Crippen molar-refractivity contribution in [1.29, 1.82) is 0 Å². The lowest BCUT2D eigenvalue weighted by Crippen LogP contribution is -2.58. The van der Waals surface area contributed by atoms with Gasteiger partial charge < -0.3 is 4.90 Å². The van der Waals surface area contributed by atoms with Gasteiger partial charge in [0.15, 0.2) is 0 Å². The number of carbonyl (C=O) groups is 1. The maximum absolute atomic E-state index is 12.5. The number of nitrogens with zero attached hydrogens (tertiary/aromatic N) is 1. The zero-order chi connectivity index (χ0) is 13.6. The van der Waals surface area contributed by atoms with E-state index >= 15 is 0 Å². The second kappa shape index (κ2) is 3.93. The van der Waals surface area contributed by atoms with Crippen molar-refractivity contribution in [3.63, 3.8) is 0 Å². The number of carbonyl (C=O) groups excluding carboxylic acids is 1. The van der Waals surface area contributed by atoms with Gasteiger partial charge in [-0.15, -0.1) is 0 Å². The predicted octanol–water partition coefficient (Wildman–Crippen LogP) is 2.80. The van der Waals surface area contributed by atoms with Gasteiger partial charge in [0.25, 0.3) is 11.8 Å². The number of benzene rings is 1. The first-order chi connectivity index (χ1) is 8.19. The fourth-order valence-corrected chi connectivity index (χ4v) is 1.64. The van der Waals surface area contributed by atoms with E-state index in [2.05, 4.69) is 0 Å². The fourth-order valence-electron chi connectivity index (χ4n) is 1.64. The average molecular weight is 265 g/mol. The molecule has 1 aliphatic rings. The summed E-state index contributed by atoms with van der Waals surface area (Å²) >= 11 is 0. The predicted molar refractivity (Wildman–Crippen MR) is 52.3 cm³/mol. The number of rotatable bonds is 1. The first-order valence-corrected chi connectivity index (χ1v) is 5.03. The zero-order valence-corrected chi connectivity index (χ0v) is 8.97. The minimum absolute atomic E-state index is 0.0292. The van der Waals surface area contributed by atoms with Gasteiger partial charge in [0, 0.05) is 5.56 Å². The average Bonchev–Trinajstić information content (AvgIpc) is 2.24. The van der Waals surface area contributed by atoms with Gasteiger partial charge in [-0.25, -0.2) is 8.78 Å². The Morgan fingerprint density at radius 2 is 1.61 bits per heavy atom. The van der Waals surface area contributed by atoms with Crippen LogP contribution in [0.15, 0.2) is 24.3 Å². The van der Waals surface area contributed by atoms with E-state index in [1.54, 1.807) is 0 Å². The van der Waals surface area contributed by atoms with E-state index in [1.165, 1.54) is 0 Å². The Balaban J connectivity index is 2.09. The number of alkyl halides is 5. The Morgan fingerprint density at radius 1 is 1.11 bits per heavy atom. The Labute approximate surface area is 99.0 Å². The second-order valence-electron chi connectivity index (χ2n) is 4.09. The highest BCUT2D eigenvalue weighted by Crippen LogP contribution is 2.31. The summed E-state index contributed by atoms with van der Waals surface area (Å²) in [4.78, 5) is 12.5. The molecule has 1 aromatic rings. The van der Waals surface area contributed by atoms with Crippen LogP contribution in [0.1, 0.15) is 15.9 Å². The molecule has 0 saturated carbocycles. The molecule has 0 spiro atoms. The smallest absolute Gasteiger partial charge is 0.326 e. The van der Waals surface area contributed by atoms with Gasteiger partial charge in [-0.1, -0.05) is 0 Å². The van der Waals surface area contributed by atoms with Crippen LogP contribution in [0.4, 0.5) is 22.0 Å². The number of likely N-dealkylation sites (tertiary alicyclic amines) is 1. The van der Waals surface area contributed by atoms with Crippen LogP contribution in [0.5, 0.6) is 0 Å². The lowest BCUT2D eigenvalue weighted by molar-refractivity contribution is -0.137. The van der Waals surface area contributed by atoms with Crippen LogP contribution < -0.4 is 0 Å². The number of hydrogen-bond acceptors (Lipinski definition) is 1. The minimum atomic E-state index is -4.48. The SMILES string of the molecule is O=C(c1ccc(C(F)(F)F)cc1)N1CC(F)(F)C1. The van der Waals surface area contributed by atoms with Crippen molar-refractivity contribution >= 4 is 5.91 Å². The van der Waals surface area contributed by atoms with Crippen LogP contribution in [0, 0.1) is 0 Å². The highest BCUT2D eigenvalue weighted by Gasteiger charge is 2.46. The summed E-state index contributed by atoms with van der Waals surface area (Å²) in [6, 6.07) is 3.49. The number of amides is 1. The molecule has 1 fully saturated rings. The van der Waals surface area contributed by atoms with Gasteiger partial charge in [0.05, 0.1) is 18.7 Å². The topological polar surface area (TPSA) is 20.3 Å². The Morgan fingerprint density at radius 3 is 2.00 bits per heavy atom. The molecule has 1 amide bonds. The van der Waals surface area contributed by atoms with Crippen LogP contribution >= 0.6 is 0 Å². The molecule has 2 nitrogen and oxygen atoms in total. The van der Waals surface area contributed by atoms with Gasteiger partial charge in [-0.2, -0.15) is 13.2 Å². The Kier molecular flexibility index (Phi) is 2.79. The summed E-state index contributed by atoms with van der Waals surface area (Å²) in [5, 5.41) is 0. The Hall–Kier alpha value is -1.66. The van der Waals surface area contributed by atoms with Crippen LogP contribution in [-0.2, 0) is 6.18 Å². The normalized spacial score (nSPS) is 18.4. The van der Waals surface area contributed by atoms with E-state index in [0.29, 0.717) is 0 Å². The van der Waals surface area contributed by atoms with E-state index in [9.17, 15) is 26.7 Å². The molecule has 98 valence electrons. The molecule has 0 N–H and O–H groups in total. The molecule has 18 heavy (non-hydrogen) atoms. The van der Waals surface area contributed by atoms with E-state index in [4.69, 9.17) is 0 Å². The van der Waals surface area contributed by atoms with Crippen LogP contribution in [-0.4, -0.2) is 29.8 Å². The van der Waals surface area contributed by atoms with E-state index in [0.717, 1.165) is 29.2 Å². The van der Waals surface area contributed by atoms with E-state index in [1.807, 2.05) is 0 Å². The molecule has 0 aliphatic carbocycles. The van der Waals surface area contributed by atoms with Gasteiger partial charge >= 0.3 is 6.18 Å². The first kappa shape index (κ1) is 12.8.